The van der Waals surface area contributed by atoms with Gasteiger partial charge in [0.1, 0.15) is 0 Å². The van der Waals surface area contributed by atoms with Gasteiger partial charge in [0, 0.05) is 12.2 Å². The molecule has 0 bridgehead atoms. The zero-order chi connectivity index (χ0) is 25.1. The third kappa shape index (κ3) is 8.51. The van der Waals surface area contributed by atoms with Gasteiger partial charge >= 0.3 is 11.8 Å². The largest absolute Gasteiger partial charge is 0.490 e. The van der Waals surface area contributed by atoms with E-state index in [1.807, 2.05) is 45.9 Å². The molecule has 0 atom stereocenters. The summed E-state index contributed by atoms with van der Waals surface area (Å²) in [5.74, 6) is -1.17. The van der Waals surface area contributed by atoms with Crippen LogP contribution in [0, 0.1) is 13.8 Å². The zero-order valence-corrected chi connectivity index (χ0v) is 21.2. The molecule has 182 valence electrons. The Bertz CT molecular complexity index is 1050. The topological polar surface area (TPSA) is 118 Å². The number of benzene rings is 2. The molecule has 0 aromatic heterocycles. The SMILES string of the molecule is CCCNC(=O)C(=O)N/N=C\c1cc(Br)c(OCC(=O)Nc2cc(C)cc(C)c2)c(OCC)c1. The molecule has 0 aliphatic rings. The number of carbonyl (C=O) groups is 3. The molecule has 0 unspecified atom stereocenters. The first-order chi connectivity index (χ1) is 16.2. The second-order valence-electron chi connectivity index (χ2n) is 7.43. The van der Waals surface area contributed by atoms with E-state index in [4.69, 9.17) is 9.47 Å². The van der Waals surface area contributed by atoms with Crippen molar-refractivity contribution in [3.05, 3.63) is 51.5 Å². The highest BCUT2D eigenvalue weighted by Gasteiger charge is 2.15. The molecule has 2 aromatic carbocycles. The minimum Gasteiger partial charge on any atom is -0.490 e. The van der Waals surface area contributed by atoms with Gasteiger partial charge in [-0.25, -0.2) is 5.43 Å². The van der Waals surface area contributed by atoms with Gasteiger partial charge in [0.2, 0.25) is 0 Å². The fourth-order valence-corrected chi connectivity index (χ4v) is 3.56. The normalized spacial score (nSPS) is 10.6. The van der Waals surface area contributed by atoms with Gasteiger partial charge in [-0.15, -0.1) is 0 Å². The first-order valence-electron chi connectivity index (χ1n) is 10.8. The van der Waals surface area contributed by atoms with Gasteiger partial charge in [0.05, 0.1) is 17.3 Å². The Labute approximate surface area is 207 Å². The molecule has 9 nitrogen and oxygen atoms in total. The number of halogens is 1. The van der Waals surface area contributed by atoms with Crippen molar-refractivity contribution >= 4 is 45.6 Å². The quantitative estimate of drug-likeness (QED) is 0.246. The molecule has 0 heterocycles. The lowest BCUT2D eigenvalue weighted by atomic mass is 10.1. The van der Waals surface area contributed by atoms with Gasteiger partial charge in [0.25, 0.3) is 5.91 Å². The van der Waals surface area contributed by atoms with E-state index in [2.05, 4.69) is 37.1 Å². The van der Waals surface area contributed by atoms with Gasteiger partial charge in [-0.3, -0.25) is 14.4 Å². The van der Waals surface area contributed by atoms with E-state index in [1.165, 1.54) is 6.21 Å². The van der Waals surface area contributed by atoms with Crippen molar-refractivity contribution in [1.29, 1.82) is 0 Å². The molecule has 0 radical (unpaired) electrons. The highest BCUT2D eigenvalue weighted by molar-refractivity contribution is 9.10. The molecule has 0 aliphatic heterocycles. The van der Waals surface area contributed by atoms with Crippen LogP contribution in [0.25, 0.3) is 0 Å². The molecule has 3 N–H and O–H groups in total. The van der Waals surface area contributed by atoms with E-state index in [1.54, 1.807) is 12.1 Å². The van der Waals surface area contributed by atoms with E-state index in [0.717, 1.165) is 17.5 Å². The summed E-state index contributed by atoms with van der Waals surface area (Å²) in [5.41, 5.74) is 5.55. The standard InChI is InChI=1S/C24H29BrN4O5/c1-5-7-26-23(31)24(32)29-27-13-17-11-19(25)22(20(12-17)33-6-2)34-14-21(30)28-18-9-15(3)8-16(4)10-18/h8-13H,5-7,14H2,1-4H3,(H,26,31)(H,28,30)(H,29,32)/b27-13-. The predicted molar refractivity (Wildman–Crippen MR) is 134 cm³/mol. The summed E-state index contributed by atoms with van der Waals surface area (Å²) in [7, 11) is 0. The lowest BCUT2D eigenvalue weighted by molar-refractivity contribution is -0.139. The molecular weight excluding hydrogens is 504 g/mol. The van der Waals surface area contributed by atoms with Crippen molar-refractivity contribution in [2.45, 2.75) is 34.1 Å². The molecule has 2 rings (SSSR count). The van der Waals surface area contributed by atoms with Gasteiger partial charge in [-0.1, -0.05) is 13.0 Å². The highest BCUT2D eigenvalue weighted by Crippen LogP contribution is 2.36. The monoisotopic (exact) mass is 532 g/mol. The number of hydrazone groups is 1. The zero-order valence-electron chi connectivity index (χ0n) is 19.7. The van der Waals surface area contributed by atoms with E-state index < -0.39 is 11.8 Å². The number of rotatable bonds is 10. The summed E-state index contributed by atoms with van der Waals surface area (Å²) >= 11 is 3.43. The fourth-order valence-electron chi connectivity index (χ4n) is 2.98. The number of aryl methyl sites for hydroxylation is 2. The van der Waals surface area contributed by atoms with Crippen molar-refractivity contribution in [3.63, 3.8) is 0 Å². The van der Waals surface area contributed by atoms with Gasteiger partial charge in [-0.05, 0) is 84.1 Å². The third-order valence-corrected chi connectivity index (χ3v) is 4.90. The van der Waals surface area contributed by atoms with Crippen LogP contribution in [0.15, 0.2) is 39.9 Å². The lowest BCUT2D eigenvalue weighted by Crippen LogP contribution is -2.38. The van der Waals surface area contributed by atoms with Crippen LogP contribution in [0.3, 0.4) is 0 Å². The molecule has 10 heteroatoms. The van der Waals surface area contributed by atoms with E-state index >= 15 is 0 Å². The number of ether oxygens (including phenoxy) is 2. The average Bonchev–Trinajstić information content (AvgIpc) is 2.76. The van der Waals surface area contributed by atoms with Crippen molar-refractivity contribution in [1.82, 2.24) is 10.7 Å². The summed E-state index contributed by atoms with van der Waals surface area (Å²) in [6.45, 7) is 8.18. The number of hydrogen-bond donors (Lipinski definition) is 3. The summed E-state index contributed by atoms with van der Waals surface area (Å²) in [6, 6.07) is 9.12. The molecule has 0 aliphatic carbocycles. The van der Waals surface area contributed by atoms with Crippen molar-refractivity contribution in [3.8, 4) is 11.5 Å². The summed E-state index contributed by atoms with van der Waals surface area (Å²) in [5, 5.41) is 9.10. The first kappa shape index (κ1) is 26.8. The van der Waals surface area contributed by atoms with E-state index in [-0.39, 0.29) is 12.5 Å². The highest BCUT2D eigenvalue weighted by atomic mass is 79.9. The van der Waals surface area contributed by atoms with E-state index in [9.17, 15) is 14.4 Å². The maximum atomic E-state index is 12.4. The minimum absolute atomic E-state index is 0.220. The van der Waals surface area contributed by atoms with Gasteiger partial charge in [0.15, 0.2) is 18.1 Å². The maximum absolute atomic E-state index is 12.4. The van der Waals surface area contributed by atoms with Crippen LogP contribution in [-0.4, -0.2) is 43.7 Å². The number of carbonyl (C=O) groups excluding carboxylic acids is 3. The molecule has 3 amide bonds. The molecule has 2 aromatic rings. The van der Waals surface area contributed by atoms with Gasteiger partial charge in [-0.2, -0.15) is 5.10 Å². The Morgan fingerprint density at radius 1 is 1.00 bits per heavy atom. The number of amides is 3. The van der Waals surface area contributed by atoms with Crippen molar-refractivity contribution < 1.29 is 23.9 Å². The number of hydrogen-bond acceptors (Lipinski definition) is 6. The molecular formula is C24H29BrN4O5. The number of nitrogens with zero attached hydrogens (tertiary/aromatic N) is 1. The molecule has 0 fully saturated rings. The summed E-state index contributed by atoms with van der Waals surface area (Å²) in [6.07, 6.45) is 2.09. The van der Waals surface area contributed by atoms with Crippen LogP contribution in [0.5, 0.6) is 11.5 Å². The van der Waals surface area contributed by atoms with Crippen LogP contribution in [0.2, 0.25) is 0 Å². The van der Waals surface area contributed by atoms with Crippen LogP contribution in [-0.2, 0) is 14.4 Å². The predicted octanol–water partition coefficient (Wildman–Crippen LogP) is 3.46. The van der Waals surface area contributed by atoms with Gasteiger partial charge < -0.3 is 20.1 Å². The maximum Gasteiger partial charge on any atom is 0.329 e. The Morgan fingerprint density at radius 2 is 1.71 bits per heavy atom. The number of nitrogens with one attached hydrogen (secondary N) is 3. The second-order valence-corrected chi connectivity index (χ2v) is 8.29. The molecule has 0 spiro atoms. The lowest BCUT2D eigenvalue weighted by Gasteiger charge is -2.15. The Kier molecular flexibility index (Phi) is 10.5. The molecule has 34 heavy (non-hydrogen) atoms. The third-order valence-electron chi connectivity index (χ3n) is 4.31. The Balaban J connectivity index is 2.05. The molecule has 0 saturated carbocycles. The molecule has 0 saturated heterocycles. The van der Waals surface area contributed by atoms with Crippen molar-refractivity contribution in [2.24, 2.45) is 5.10 Å². The van der Waals surface area contributed by atoms with Crippen LogP contribution in [0.4, 0.5) is 5.69 Å². The fraction of sp³-hybridized carbons (Fsp3) is 0.333. The van der Waals surface area contributed by atoms with Crippen LogP contribution < -0.4 is 25.5 Å². The Morgan fingerprint density at radius 3 is 2.35 bits per heavy atom. The average molecular weight is 533 g/mol. The second kappa shape index (κ2) is 13.3. The summed E-state index contributed by atoms with van der Waals surface area (Å²) in [4.78, 5) is 35.7. The minimum atomic E-state index is -0.858. The van der Waals surface area contributed by atoms with E-state index in [0.29, 0.717) is 40.4 Å². The number of anilines is 1. The van der Waals surface area contributed by atoms with Crippen LogP contribution >= 0.6 is 15.9 Å². The summed E-state index contributed by atoms with van der Waals surface area (Å²) < 4.78 is 11.9. The smallest absolute Gasteiger partial charge is 0.329 e. The van der Waals surface area contributed by atoms with Crippen molar-refractivity contribution in [2.75, 3.05) is 25.1 Å². The first-order valence-corrected chi connectivity index (χ1v) is 11.6. The Hall–Kier alpha value is -3.40. The van der Waals surface area contributed by atoms with Crippen LogP contribution in [0.1, 0.15) is 37.0 Å².